The van der Waals surface area contributed by atoms with E-state index in [1.165, 1.54) is 10.9 Å². The van der Waals surface area contributed by atoms with E-state index in [1.54, 1.807) is 24.3 Å². The molecule has 0 unspecified atom stereocenters. The number of nitrogens with zero attached hydrogens (tertiary/aromatic N) is 1. The SMILES string of the molecule is C=C/C=C(C=C)/C=C/C(=O)N1CCc2c([nH]c3ccccc23)C1. The lowest BCUT2D eigenvalue weighted by atomic mass is 10.0. The number of hydrogen-bond acceptors (Lipinski definition) is 1. The van der Waals surface area contributed by atoms with Gasteiger partial charge in [0, 0.05) is 29.2 Å². The van der Waals surface area contributed by atoms with E-state index < -0.39 is 0 Å². The van der Waals surface area contributed by atoms with Crippen molar-refractivity contribution in [3.63, 3.8) is 0 Å². The molecule has 0 bridgehead atoms. The van der Waals surface area contributed by atoms with Crippen molar-refractivity contribution in [2.75, 3.05) is 6.54 Å². The Kier molecular flexibility index (Phi) is 4.29. The zero-order chi connectivity index (χ0) is 16.2. The number of aromatic amines is 1. The smallest absolute Gasteiger partial charge is 0.246 e. The molecule has 0 radical (unpaired) electrons. The van der Waals surface area contributed by atoms with Gasteiger partial charge in [0.15, 0.2) is 0 Å². The molecule has 1 aliphatic rings. The minimum absolute atomic E-state index is 0.0196. The van der Waals surface area contributed by atoms with Crippen LogP contribution in [0, 0.1) is 0 Å². The van der Waals surface area contributed by atoms with Gasteiger partial charge in [-0.25, -0.2) is 0 Å². The van der Waals surface area contributed by atoms with E-state index in [4.69, 9.17) is 0 Å². The summed E-state index contributed by atoms with van der Waals surface area (Å²) in [6.07, 6.45) is 9.47. The van der Waals surface area contributed by atoms with Crippen molar-refractivity contribution >= 4 is 16.8 Å². The monoisotopic (exact) mass is 304 g/mol. The Morgan fingerprint density at radius 1 is 1.22 bits per heavy atom. The summed E-state index contributed by atoms with van der Waals surface area (Å²) in [7, 11) is 0. The Hall–Kier alpha value is -2.81. The Morgan fingerprint density at radius 2 is 2.04 bits per heavy atom. The number of benzene rings is 1. The second-order valence-electron chi connectivity index (χ2n) is 5.58. The van der Waals surface area contributed by atoms with Crippen molar-refractivity contribution in [2.24, 2.45) is 0 Å². The Balaban J connectivity index is 1.78. The Bertz CT molecular complexity index is 823. The molecule has 0 saturated carbocycles. The maximum absolute atomic E-state index is 12.4. The summed E-state index contributed by atoms with van der Waals surface area (Å²) in [6.45, 7) is 8.75. The largest absolute Gasteiger partial charge is 0.357 e. The second-order valence-corrected chi connectivity index (χ2v) is 5.58. The van der Waals surface area contributed by atoms with E-state index in [-0.39, 0.29) is 5.91 Å². The quantitative estimate of drug-likeness (QED) is 0.675. The summed E-state index contributed by atoms with van der Waals surface area (Å²) in [5, 5.41) is 1.27. The summed E-state index contributed by atoms with van der Waals surface area (Å²) < 4.78 is 0. The van der Waals surface area contributed by atoms with Crippen molar-refractivity contribution in [3.05, 3.63) is 84.6 Å². The maximum atomic E-state index is 12.4. The van der Waals surface area contributed by atoms with Gasteiger partial charge < -0.3 is 9.88 Å². The summed E-state index contributed by atoms with van der Waals surface area (Å²) in [4.78, 5) is 17.7. The van der Waals surface area contributed by atoms with Gasteiger partial charge in [-0.3, -0.25) is 4.79 Å². The molecular weight excluding hydrogens is 284 g/mol. The molecule has 0 aliphatic carbocycles. The highest BCUT2D eigenvalue weighted by Crippen LogP contribution is 2.27. The van der Waals surface area contributed by atoms with Crippen molar-refractivity contribution < 1.29 is 4.79 Å². The number of hydrogen-bond donors (Lipinski definition) is 1. The predicted molar refractivity (Wildman–Crippen MR) is 95.0 cm³/mol. The van der Waals surface area contributed by atoms with Gasteiger partial charge in [0.1, 0.15) is 0 Å². The van der Waals surface area contributed by atoms with Crippen LogP contribution in [-0.2, 0) is 17.8 Å². The molecule has 2 heterocycles. The molecule has 1 amide bonds. The molecule has 1 aromatic heterocycles. The Morgan fingerprint density at radius 3 is 2.83 bits per heavy atom. The van der Waals surface area contributed by atoms with E-state index in [0.29, 0.717) is 6.54 Å². The molecule has 0 spiro atoms. The van der Waals surface area contributed by atoms with Crippen LogP contribution in [0.25, 0.3) is 10.9 Å². The van der Waals surface area contributed by atoms with E-state index in [9.17, 15) is 4.79 Å². The number of amides is 1. The zero-order valence-corrected chi connectivity index (χ0v) is 13.1. The van der Waals surface area contributed by atoms with Crippen molar-refractivity contribution in [1.29, 1.82) is 0 Å². The van der Waals surface area contributed by atoms with Crippen LogP contribution in [0.5, 0.6) is 0 Å². The second kappa shape index (κ2) is 6.53. The molecule has 1 N–H and O–H groups in total. The number of para-hydroxylation sites is 1. The molecule has 3 rings (SSSR count). The highest BCUT2D eigenvalue weighted by molar-refractivity contribution is 5.89. The molecule has 0 saturated heterocycles. The number of rotatable bonds is 4. The molecule has 1 aromatic carbocycles. The fourth-order valence-corrected chi connectivity index (χ4v) is 2.98. The number of fused-ring (bicyclic) bond motifs is 3. The van der Waals surface area contributed by atoms with E-state index >= 15 is 0 Å². The van der Waals surface area contributed by atoms with Crippen LogP contribution in [-0.4, -0.2) is 22.3 Å². The summed E-state index contributed by atoms with van der Waals surface area (Å²) >= 11 is 0. The van der Waals surface area contributed by atoms with Crippen LogP contribution in [0.1, 0.15) is 11.3 Å². The van der Waals surface area contributed by atoms with E-state index in [2.05, 4.69) is 36.3 Å². The normalized spacial score (nSPS) is 15.0. The molecule has 1 aliphatic heterocycles. The van der Waals surface area contributed by atoms with Gasteiger partial charge in [-0.05, 0) is 29.7 Å². The van der Waals surface area contributed by atoms with Gasteiger partial charge in [-0.2, -0.15) is 0 Å². The van der Waals surface area contributed by atoms with Crippen LogP contribution < -0.4 is 0 Å². The minimum Gasteiger partial charge on any atom is -0.357 e. The molecule has 3 nitrogen and oxygen atoms in total. The lowest BCUT2D eigenvalue weighted by molar-refractivity contribution is -0.126. The first-order valence-corrected chi connectivity index (χ1v) is 7.73. The summed E-state index contributed by atoms with van der Waals surface area (Å²) in [5.74, 6) is 0.0196. The third-order valence-electron chi connectivity index (χ3n) is 4.16. The van der Waals surface area contributed by atoms with Crippen LogP contribution >= 0.6 is 0 Å². The predicted octanol–water partition coefficient (Wildman–Crippen LogP) is 3.91. The molecule has 116 valence electrons. The molecule has 3 heteroatoms. The Labute approximate surface area is 136 Å². The fraction of sp³-hybridized carbons (Fsp3) is 0.150. The van der Waals surface area contributed by atoms with E-state index in [0.717, 1.165) is 29.7 Å². The number of aromatic nitrogens is 1. The lowest BCUT2D eigenvalue weighted by Gasteiger charge is -2.26. The van der Waals surface area contributed by atoms with Gasteiger partial charge in [0.05, 0.1) is 6.54 Å². The lowest BCUT2D eigenvalue weighted by Crippen LogP contribution is -2.34. The van der Waals surface area contributed by atoms with Gasteiger partial charge in [-0.15, -0.1) is 0 Å². The highest BCUT2D eigenvalue weighted by Gasteiger charge is 2.22. The highest BCUT2D eigenvalue weighted by atomic mass is 16.2. The van der Waals surface area contributed by atoms with Crippen LogP contribution in [0.3, 0.4) is 0 Å². The van der Waals surface area contributed by atoms with E-state index in [1.807, 2.05) is 17.0 Å². The average molecular weight is 304 g/mol. The molecule has 0 fully saturated rings. The number of carbonyl (C=O) groups is 1. The standard InChI is InChI=1S/C20H20N2O/c1-3-7-15(4-2)10-11-20(23)22-13-12-17-16-8-5-6-9-18(16)21-19(17)14-22/h3-11,21H,1-2,12-14H2/b11-10+,15-7+. The molecule has 0 atom stereocenters. The number of carbonyl (C=O) groups excluding carboxylic acids is 1. The molecular formula is C20H20N2O. The van der Waals surface area contributed by atoms with Gasteiger partial charge in [0.2, 0.25) is 5.91 Å². The first-order chi connectivity index (χ1) is 11.2. The van der Waals surface area contributed by atoms with Gasteiger partial charge in [0.25, 0.3) is 0 Å². The van der Waals surface area contributed by atoms with Gasteiger partial charge >= 0.3 is 0 Å². The summed E-state index contributed by atoms with van der Waals surface area (Å²) in [6, 6.07) is 8.30. The van der Waals surface area contributed by atoms with Crippen molar-refractivity contribution in [1.82, 2.24) is 9.88 Å². The summed E-state index contributed by atoms with van der Waals surface area (Å²) in [5.41, 5.74) is 4.50. The van der Waals surface area contributed by atoms with Gasteiger partial charge in [-0.1, -0.05) is 49.6 Å². The molecule has 23 heavy (non-hydrogen) atoms. The van der Waals surface area contributed by atoms with Crippen LogP contribution in [0.15, 0.2) is 73.4 Å². The van der Waals surface area contributed by atoms with Crippen molar-refractivity contribution in [3.8, 4) is 0 Å². The third-order valence-corrected chi connectivity index (χ3v) is 4.16. The number of nitrogens with one attached hydrogen (secondary N) is 1. The number of allylic oxidation sites excluding steroid dienone is 5. The zero-order valence-electron chi connectivity index (χ0n) is 13.1. The fourth-order valence-electron chi connectivity index (χ4n) is 2.98. The first-order valence-electron chi connectivity index (χ1n) is 7.73. The number of H-pyrrole nitrogens is 1. The third kappa shape index (κ3) is 3.04. The minimum atomic E-state index is 0.0196. The van der Waals surface area contributed by atoms with Crippen molar-refractivity contribution in [2.45, 2.75) is 13.0 Å². The van der Waals surface area contributed by atoms with Crippen LogP contribution in [0.2, 0.25) is 0 Å². The molecule has 2 aromatic rings. The first kappa shape index (κ1) is 15.1. The average Bonchev–Trinajstić information content (AvgIpc) is 2.96. The topological polar surface area (TPSA) is 36.1 Å². The maximum Gasteiger partial charge on any atom is 0.246 e. The van der Waals surface area contributed by atoms with Crippen LogP contribution in [0.4, 0.5) is 0 Å².